The van der Waals surface area contributed by atoms with Crippen molar-refractivity contribution >= 4 is 15.9 Å². The van der Waals surface area contributed by atoms with Crippen molar-refractivity contribution in [1.29, 1.82) is 0 Å². The lowest BCUT2D eigenvalue weighted by atomic mass is 10.2. The van der Waals surface area contributed by atoms with Crippen LogP contribution in [-0.4, -0.2) is 65.3 Å². The maximum atomic E-state index is 13.0. The normalized spacial score (nSPS) is 24.1. The maximum absolute atomic E-state index is 13.0. The summed E-state index contributed by atoms with van der Waals surface area (Å²) in [5, 5.41) is 0. The quantitative estimate of drug-likeness (QED) is 0.650. The van der Waals surface area contributed by atoms with E-state index in [1.807, 2.05) is 0 Å². The highest BCUT2D eigenvalue weighted by atomic mass is 32.2. The zero-order valence-electron chi connectivity index (χ0n) is 17.4. The number of alkyl halides is 3. The second kappa shape index (κ2) is 7.94. The number of fused-ring (bicyclic) bond motifs is 1. The molecule has 8 nitrogen and oxygen atoms in total. The van der Waals surface area contributed by atoms with E-state index in [0.29, 0.717) is 12.0 Å². The third-order valence-corrected chi connectivity index (χ3v) is 8.06. The van der Waals surface area contributed by atoms with E-state index >= 15 is 0 Å². The third kappa shape index (κ3) is 4.29. The average molecular weight is 482 g/mol. The van der Waals surface area contributed by atoms with E-state index in [1.54, 1.807) is 11.1 Å². The topological polar surface area (TPSA) is 92.7 Å². The molecule has 2 atom stereocenters. The first kappa shape index (κ1) is 22.1. The van der Waals surface area contributed by atoms with Gasteiger partial charge in [0.15, 0.2) is 6.10 Å². The Kier molecular flexibility index (Phi) is 5.31. The lowest BCUT2D eigenvalue weighted by molar-refractivity contribution is -0.138. The SMILES string of the molecule is O=C1C(Oc2cnc(C3CC3)cn2)CC2CN(S(=O)(=O)c3cccc(C(F)(F)F)c3)CCN12. The minimum atomic E-state index is -4.65. The fourth-order valence-electron chi connectivity index (χ4n) is 4.27. The van der Waals surface area contributed by atoms with Crippen LogP contribution in [0.4, 0.5) is 13.2 Å². The van der Waals surface area contributed by atoms with Crippen LogP contribution in [-0.2, 0) is 21.0 Å². The molecule has 176 valence electrons. The number of rotatable bonds is 5. The van der Waals surface area contributed by atoms with Crippen LogP contribution in [0.5, 0.6) is 5.88 Å². The minimum Gasteiger partial charge on any atom is -0.463 e. The molecule has 5 rings (SSSR count). The molecule has 2 aliphatic heterocycles. The number of sulfonamides is 1. The van der Waals surface area contributed by atoms with E-state index in [0.717, 1.165) is 41.0 Å². The largest absolute Gasteiger partial charge is 0.463 e. The molecule has 1 aromatic heterocycles. The highest BCUT2D eigenvalue weighted by molar-refractivity contribution is 7.89. The van der Waals surface area contributed by atoms with Crippen molar-refractivity contribution in [2.45, 2.75) is 48.4 Å². The predicted molar refractivity (Wildman–Crippen MR) is 109 cm³/mol. The van der Waals surface area contributed by atoms with Crippen molar-refractivity contribution in [3.8, 4) is 5.88 Å². The Bertz CT molecular complexity index is 1170. The molecule has 2 aromatic rings. The molecule has 0 radical (unpaired) electrons. The van der Waals surface area contributed by atoms with Crippen molar-refractivity contribution in [1.82, 2.24) is 19.2 Å². The molecule has 0 N–H and O–H groups in total. The van der Waals surface area contributed by atoms with Crippen molar-refractivity contribution in [3.63, 3.8) is 0 Å². The van der Waals surface area contributed by atoms with E-state index in [-0.39, 0.29) is 37.8 Å². The highest BCUT2D eigenvalue weighted by Gasteiger charge is 2.46. The van der Waals surface area contributed by atoms with Gasteiger partial charge in [-0.05, 0) is 31.0 Å². The summed E-state index contributed by atoms with van der Waals surface area (Å²) in [7, 11) is -4.15. The smallest absolute Gasteiger partial charge is 0.416 e. The zero-order valence-corrected chi connectivity index (χ0v) is 18.2. The van der Waals surface area contributed by atoms with Gasteiger partial charge in [-0.1, -0.05) is 6.07 Å². The Morgan fingerprint density at radius 3 is 2.55 bits per heavy atom. The third-order valence-electron chi connectivity index (χ3n) is 6.20. The van der Waals surface area contributed by atoms with Crippen LogP contribution in [0.2, 0.25) is 0 Å². The number of ether oxygens (including phenoxy) is 1. The van der Waals surface area contributed by atoms with E-state index in [2.05, 4.69) is 9.97 Å². The van der Waals surface area contributed by atoms with Crippen LogP contribution in [0.15, 0.2) is 41.6 Å². The van der Waals surface area contributed by atoms with Gasteiger partial charge in [-0.25, -0.2) is 13.4 Å². The number of carbonyl (C=O) groups excluding carboxylic acids is 1. The molecule has 1 aliphatic carbocycles. The molecule has 3 fully saturated rings. The number of aromatic nitrogens is 2. The van der Waals surface area contributed by atoms with Crippen LogP contribution in [0.25, 0.3) is 0 Å². The standard InChI is InChI=1S/C21H21F3N4O4S/c22-21(23,24)14-2-1-3-16(8-14)33(30,31)27-6-7-28-15(12-27)9-18(20(28)29)32-19-11-25-17(10-26-19)13-4-5-13/h1-3,8,10-11,13,15,18H,4-7,9,12H2. The number of hydrogen-bond donors (Lipinski definition) is 0. The number of hydrogen-bond acceptors (Lipinski definition) is 6. The Labute approximate surface area is 188 Å². The number of piperazine rings is 1. The minimum absolute atomic E-state index is 0.0105. The van der Waals surface area contributed by atoms with Crippen molar-refractivity contribution in [2.24, 2.45) is 0 Å². The Morgan fingerprint density at radius 2 is 1.88 bits per heavy atom. The molecular weight excluding hydrogens is 461 g/mol. The molecule has 1 amide bonds. The van der Waals surface area contributed by atoms with Gasteiger partial charge in [0.1, 0.15) is 0 Å². The Hall–Kier alpha value is -2.73. The Morgan fingerprint density at radius 1 is 1.09 bits per heavy atom. The van der Waals surface area contributed by atoms with Gasteiger partial charge >= 0.3 is 6.18 Å². The van der Waals surface area contributed by atoms with Gasteiger partial charge in [0, 0.05) is 38.0 Å². The van der Waals surface area contributed by atoms with Gasteiger partial charge in [-0.3, -0.25) is 9.78 Å². The molecule has 1 saturated carbocycles. The zero-order chi connectivity index (χ0) is 23.4. The molecular formula is C21H21F3N4O4S. The molecule has 0 spiro atoms. The number of nitrogens with zero attached hydrogens (tertiary/aromatic N) is 4. The van der Waals surface area contributed by atoms with Gasteiger partial charge < -0.3 is 9.64 Å². The van der Waals surface area contributed by atoms with Gasteiger partial charge in [0.25, 0.3) is 5.91 Å². The number of carbonyl (C=O) groups is 1. The second-order valence-corrected chi connectivity index (χ2v) is 10.4. The van der Waals surface area contributed by atoms with Crippen LogP contribution < -0.4 is 4.74 Å². The summed E-state index contributed by atoms with van der Waals surface area (Å²) in [6.45, 7) is 0.105. The molecule has 3 heterocycles. The van der Waals surface area contributed by atoms with Crippen LogP contribution in [0.3, 0.4) is 0 Å². The van der Waals surface area contributed by atoms with Gasteiger partial charge in [0.05, 0.1) is 28.5 Å². The van der Waals surface area contributed by atoms with E-state index in [4.69, 9.17) is 4.74 Å². The number of benzene rings is 1. The summed E-state index contributed by atoms with van der Waals surface area (Å²) >= 11 is 0. The van der Waals surface area contributed by atoms with E-state index in [9.17, 15) is 26.4 Å². The fraction of sp³-hybridized carbons (Fsp3) is 0.476. The monoisotopic (exact) mass is 482 g/mol. The Balaban J connectivity index is 1.28. The predicted octanol–water partition coefficient (Wildman–Crippen LogP) is 2.43. The summed E-state index contributed by atoms with van der Waals surface area (Å²) < 4.78 is 72.0. The van der Waals surface area contributed by atoms with Crippen LogP contribution in [0, 0.1) is 0 Å². The van der Waals surface area contributed by atoms with Crippen LogP contribution >= 0.6 is 0 Å². The van der Waals surface area contributed by atoms with E-state index < -0.39 is 38.8 Å². The summed E-state index contributed by atoms with van der Waals surface area (Å²) in [5.74, 6) is 0.411. The van der Waals surface area contributed by atoms with Crippen molar-refractivity contribution in [3.05, 3.63) is 47.9 Å². The first-order valence-electron chi connectivity index (χ1n) is 10.6. The lowest BCUT2D eigenvalue weighted by Gasteiger charge is -2.36. The number of amides is 1. The van der Waals surface area contributed by atoms with E-state index in [1.165, 1.54) is 6.20 Å². The fourth-order valence-corrected chi connectivity index (χ4v) is 5.79. The van der Waals surface area contributed by atoms with Gasteiger partial charge in [-0.2, -0.15) is 17.5 Å². The van der Waals surface area contributed by atoms with Crippen molar-refractivity contribution < 1.29 is 31.1 Å². The van der Waals surface area contributed by atoms with Crippen molar-refractivity contribution in [2.75, 3.05) is 19.6 Å². The average Bonchev–Trinajstić information content (AvgIpc) is 3.59. The summed E-state index contributed by atoms with van der Waals surface area (Å²) in [6.07, 6.45) is 0.101. The summed E-state index contributed by atoms with van der Waals surface area (Å²) in [6, 6.07) is 3.25. The first-order chi connectivity index (χ1) is 15.6. The second-order valence-electron chi connectivity index (χ2n) is 8.47. The van der Waals surface area contributed by atoms with Gasteiger partial charge in [-0.15, -0.1) is 0 Å². The molecule has 2 unspecified atom stereocenters. The molecule has 3 aliphatic rings. The molecule has 33 heavy (non-hydrogen) atoms. The molecule has 2 saturated heterocycles. The maximum Gasteiger partial charge on any atom is 0.416 e. The lowest BCUT2D eigenvalue weighted by Crippen LogP contribution is -2.53. The molecule has 12 heteroatoms. The first-order valence-corrected chi connectivity index (χ1v) is 12.0. The molecule has 1 aromatic carbocycles. The summed E-state index contributed by atoms with van der Waals surface area (Å²) in [4.78, 5) is 22.5. The summed E-state index contributed by atoms with van der Waals surface area (Å²) in [5.41, 5.74) is -0.131. The molecule has 0 bridgehead atoms. The number of halogens is 3. The van der Waals surface area contributed by atoms with Crippen LogP contribution in [0.1, 0.15) is 36.4 Å². The highest BCUT2D eigenvalue weighted by Crippen LogP contribution is 2.39. The van der Waals surface area contributed by atoms with Gasteiger partial charge in [0.2, 0.25) is 15.9 Å².